The predicted octanol–water partition coefficient (Wildman–Crippen LogP) is 0.558. The van der Waals surface area contributed by atoms with E-state index in [-0.39, 0.29) is 17.4 Å². The molecule has 0 aliphatic heterocycles. The van der Waals surface area contributed by atoms with Crippen LogP contribution in [0.1, 0.15) is 0 Å². The molecule has 0 radical (unpaired) electrons. The first-order valence-electron chi connectivity index (χ1n) is 1.14. The summed E-state index contributed by atoms with van der Waals surface area (Å²) in [5.74, 6) is -0.410. The summed E-state index contributed by atoms with van der Waals surface area (Å²) in [6.45, 7) is 0. The molecule has 0 aliphatic rings. The Kier molecular flexibility index (Phi) is 8.44. The van der Waals surface area contributed by atoms with Crippen LogP contribution in [0.4, 0.5) is 0 Å². The van der Waals surface area contributed by atoms with Crippen molar-refractivity contribution in [3.05, 3.63) is 5.73 Å². The van der Waals surface area contributed by atoms with Gasteiger partial charge in [-0.3, -0.25) is 4.57 Å². The van der Waals surface area contributed by atoms with Crippen LogP contribution >= 0.6 is 8.61 Å². The van der Waals surface area contributed by atoms with Gasteiger partial charge < -0.3 is 16.2 Å². The minimum atomic E-state index is -0.451. The molecule has 0 rings (SSSR count). The SMILES string of the molecule is [Cr].[NH-]C(N)=NP=O. The van der Waals surface area contributed by atoms with Crippen molar-refractivity contribution in [1.82, 2.24) is 0 Å². The zero-order valence-electron chi connectivity index (χ0n) is 3.29. The molecule has 6 heteroatoms. The van der Waals surface area contributed by atoms with E-state index >= 15 is 0 Å². The van der Waals surface area contributed by atoms with Crippen molar-refractivity contribution in [2.24, 2.45) is 10.5 Å². The van der Waals surface area contributed by atoms with E-state index in [9.17, 15) is 4.57 Å². The van der Waals surface area contributed by atoms with E-state index in [1.807, 2.05) is 0 Å². The molecule has 0 aromatic carbocycles. The van der Waals surface area contributed by atoms with Crippen LogP contribution in [0.2, 0.25) is 0 Å². The molecule has 0 atom stereocenters. The van der Waals surface area contributed by atoms with Crippen LogP contribution in [0.25, 0.3) is 5.73 Å². The van der Waals surface area contributed by atoms with Gasteiger partial charge in [-0.2, -0.15) is 0 Å². The molecule has 4 nitrogen and oxygen atoms in total. The molecule has 0 bridgehead atoms. The van der Waals surface area contributed by atoms with E-state index in [0.29, 0.717) is 0 Å². The average Bonchev–Trinajstić information content (AvgIpc) is 1.35. The van der Waals surface area contributed by atoms with Gasteiger partial charge in [0.15, 0.2) is 0 Å². The van der Waals surface area contributed by atoms with E-state index in [4.69, 9.17) is 5.73 Å². The van der Waals surface area contributed by atoms with E-state index in [1.165, 1.54) is 0 Å². The molecule has 0 spiro atoms. The van der Waals surface area contributed by atoms with Crippen molar-refractivity contribution in [1.29, 1.82) is 0 Å². The van der Waals surface area contributed by atoms with E-state index in [0.717, 1.165) is 0 Å². The molecular weight excluding hydrogens is 153 g/mol. The topological polar surface area (TPSA) is 79.2 Å². The van der Waals surface area contributed by atoms with Gasteiger partial charge in [0.1, 0.15) is 0 Å². The second kappa shape index (κ2) is 5.90. The molecule has 0 aromatic rings. The first-order chi connectivity index (χ1) is 2.77. The minimum Gasteiger partial charge on any atom is -0.453 e. The first kappa shape index (κ1) is 10.0. The van der Waals surface area contributed by atoms with E-state index < -0.39 is 14.6 Å². The van der Waals surface area contributed by atoms with Gasteiger partial charge in [-0.25, -0.2) is 0 Å². The van der Waals surface area contributed by atoms with E-state index in [2.05, 4.69) is 10.5 Å². The summed E-state index contributed by atoms with van der Waals surface area (Å²) in [4.78, 5) is 0. The summed E-state index contributed by atoms with van der Waals surface area (Å²) in [5.41, 5.74) is 10.9. The molecule has 0 aliphatic carbocycles. The molecule has 3 N–H and O–H groups in total. The van der Waals surface area contributed by atoms with Gasteiger partial charge in [-0.05, 0) is 0 Å². The number of rotatable bonds is 1. The number of hydrogen-bond acceptors (Lipinski definition) is 1. The average molecular weight is 156 g/mol. The summed E-state index contributed by atoms with van der Waals surface area (Å²) >= 11 is 0. The van der Waals surface area contributed by atoms with Gasteiger partial charge in [-0.15, -0.1) is 0 Å². The Morgan fingerprint density at radius 3 is 2.29 bits per heavy atom. The van der Waals surface area contributed by atoms with Crippen molar-refractivity contribution in [3.8, 4) is 0 Å². The van der Waals surface area contributed by atoms with Crippen LogP contribution in [0.5, 0.6) is 0 Å². The Labute approximate surface area is 53.4 Å². The normalized spacial score (nSPS) is 10.6. The maximum absolute atomic E-state index is 9.32. The summed E-state index contributed by atoms with van der Waals surface area (Å²) < 4.78 is 12.2. The molecule has 7 heavy (non-hydrogen) atoms. The molecule has 40 valence electrons. The quantitative estimate of drug-likeness (QED) is 0.342. The monoisotopic (exact) mass is 156 g/mol. The van der Waals surface area contributed by atoms with Crippen molar-refractivity contribution >= 4 is 14.6 Å². The van der Waals surface area contributed by atoms with Crippen LogP contribution in [0.3, 0.4) is 0 Å². The van der Waals surface area contributed by atoms with Gasteiger partial charge in [0, 0.05) is 23.3 Å². The zero-order chi connectivity index (χ0) is 4.99. The Balaban J connectivity index is 0. The number of nitrogens with two attached hydrogens (primary N) is 1. The Bertz CT molecular complexity index is 79.0. The second-order valence-corrected chi connectivity index (χ2v) is 0.930. The van der Waals surface area contributed by atoms with Gasteiger partial charge in [-0.1, -0.05) is 0 Å². The maximum atomic E-state index is 9.32. The Hall–Kier alpha value is -0.0975. The minimum absolute atomic E-state index is 0. The number of nitrogens with one attached hydrogen (secondary N) is 1. The largest absolute Gasteiger partial charge is 0.453 e. The van der Waals surface area contributed by atoms with Gasteiger partial charge in [0.2, 0.25) is 8.61 Å². The number of nitrogens with zero attached hydrogens (tertiary/aromatic N) is 1. The number of guanidine groups is 1. The van der Waals surface area contributed by atoms with Gasteiger partial charge >= 0.3 is 0 Å². The van der Waals surface area contributed by atoms with Crippen molar-refractivity contribution in [3.63, 3.8) is 0 Å². The van der Waals surface area contributed by atoms with Crippen molar-refractivity contribution < 1.29 is 21.9 Å². The predicted molar refractivity (Wildman–Crippen MR) is 23.6 cm³/mol. The van der Waals surface area contributed by atoms with Gasteiger partial charge in [0.05, 0.1) is 0 Å². The molecule has 0 unspecified atom stereocenters. The fourth-order valence-electron chi connectivity index (χ4n) is 0.0440. The van der Waals surface area contributed by atoms with Crippen LogP contribution in [0.15, 0.2) is 4.76 Å². The Morgan fingerprint density at radius 1 is 1.86 bits per heavy atom. The molecule has 0 aromatic heterocycles. The molecule has 0 fully saturated rings. The fraction of sp³-hybridized carbons (Fsp3) is 0. The first-order valence-corrected chi connectivity index (χ1v) is 1.91. The standard InChI is InChI=1S/CH3N3OP.Cr/c2-1(3)4-6-5;/h(H3-,2,3,4,5);/q-1;. The smallest absolute Gasteiger partial charge is 0.216 e. The summed E-state index contributed by atoms with van der Waals surface area (Å²) in [7, 11) is -0.451. The van der Waals surface area contributed by atoms with Crippen molar-refractivity contribution in [2.75, 3.05) is 0 Å². The third-order valence-corrected chi connectivity index (χ3v) is 0.446. The van der Waals surface area contributed by atoms with E-state index in [1.54, 1.807) is 0 Å². The molecule has 0 amide bonds. The second-order valence-electron chi connectivity index (χ2n) is 0.567. The summed E-state index contributed by atoms with van der Waals surface area (Å²) in [6, 6.07) is 0. The van der Waals surface area contributed by atoms with Gasteiger partial charge in [0.25, 0.3) is 0 Å². The molecular formula is CH3CrN3OP-. The molecule has 0 saturated heterocycles. The van der Waals surface area contributed by atoms with Crippen LogP contribution in [0, 0.1) is 0 Å². The molecule has 0 saturated carbocycles. The zero-order valence-corrected chi connectivity index (χ0v) is 5.46. The number of hydrogen-bond donors (Lipinski definition) is 1. The fourth-order valence-corrected chi connectivity index (χ4v) is 0.132. The maximum Gasteiger partial charge on any atom is 0.216 e. The van der Waals surface area contributed by atoms with Crippen LogP contribution in [-0.2, 0) is 21.9 Å². The third-order valence-electron chi connectivity index (χ3n) is 0.149. The summed E-state index contributed by atoms with van der Waals surface area (Å²) in [5, 5.41) is 0. The third kappa shape index (κ3) is 10.7. The van der Waals surface area contributed by atoms with Crippen LogP contribution < -0.4 is 5.73 Å². The van der Waals surface area contributed by atoms with Crippen LogP contribution in [-0.4, -0.2) is 5.96 Å². The summed E-state index contributed by atoms with van der Waals surface area (Å²) in [6.07, 6.45) is 0. The molecule has 0 heterocycles. The van der Waals surface area contributed by atoms with Crippen molar-refractivity contribution in [2.45, 2.75) is 0 Å². The Morgan fingerprint density at radius 2 is 2.29 bits per heavy atom.